The molecular formula is C25H30N4. The molecule has 2 aromatic carbocycles. The van der Waals surface area contributed by atoms with Crippen LogP contribution in [0, 0.1) is 0 Å². The number of nitrogens with zero attached hydrogens (tertiary/aromatic N) is 3. The van der Waals surface area contributed by atoms with Gasteiger partial charge in [0.25, 0.3) is 0 Å². The summed E-state index contributed by atoms with van der Waals surface area (Å²) in [4.78, 5) is 9.72. The zero-order valence-corrected chi connectivity index (χ0v) is 17.0. The summed E-state index contributed by atoms with van der Waals surface area (Å²) in [6.45, 7) is 7.67. The SMILES string of the molecule is c1ccc(CN2CCCN(CCNc3ccc(-c4ccccc4)cn3)CC2)cc1. The lowest BCUT2D eigenvalue weighted by Gasteiger charge is -2.22. The number of benzene rings is 2. The van der Waals surface area contributed by atoms with E-state index in [-0.39, 0.29) is 0 Å². The summed E-state index contributed by atoms with van der Waals surface area (Å²) in [6, 6.07) is 25.4. The van der Waals surface area contributed by atoms with Crippen LogP contribution >= 0.6 is 0 Å². The second-order valence-electron chi connectivity index (χ2n) is 7.68. The number of rotatable bonds is 7. The first kappa shape index (κ1) is 19.6. The molecule has 0 unspecified atom stereocenters. The van der Waals surface area contributed by atoms with Gasteiger partial charge in [0.1, 0.15) is 5.82 Å². The molecule has 1 fully saturated rings. The van der Waals surface area contributed by atoms with Crippen LogP contribution in [0.3, 0.4) is 0 Å². The fourth-order valence-electron chi connectivity index (χ4n) is 3.89. The lowest BCUT2D eigenvalue weighted by atomic mass is 10.1. The normalized spacial score (nSPS) is 15.7. The van der Waals surface area contributed by atoms with E-state index in [0.29, 0.717) is 0 Å². The molecule has 3 aromatic rings. The quantitative estimate of drug-likeness (QED) is 0.653. The summed E-state index contributed by atoms with van der Waals surface area (Å²) in [5.41, 5.74) is 3.77. The fourth-order valence-corrected chi connectivity index (χ4v) is 3.89. The lowest BCUT2D eigenvalue weighted by molar-refractivity contribution is 0.256. The van der Waals surface area contributed by atoms with Crippen LogP contribution in [-0.4, -0.2) is 54.1 Å². The second-order valence-corrected chi connectivity index (χ2v) is 7.68. The van der Waals surface area contributed by atoms with E-state index in [9.17, 15) is 0 Å². The van der Waals surface area contributed by atoms with Gasteiger partial charge in [-0.3, -0.25) is 4.90 Å². The third-order valence-electron chi connectivity index (χ3n) is 5.53. The van der Waals surface area contributed by atoms with Gasteiger partial charge in [0.2, 0.25) is 0 Å². The first-order valence-corrected chi connectivity index (χ1v) is 10.6. The monoisotopic (exact) mass is 386 g/mol. The molecule has 0 aliphatic carbocycles. The van der Waals surface area contributed by atoms with Gasteiger partial charge in [0.15, 0.2) is 0 Å². The van der Waals surface area contributed by atoms with Crippen LogP contribution < -0.4 is 5.32 Å². The number of aromatic nitrogens is 1. The van der Waals surface area contributed by atoms with Crippen molar-refractivity contribution in [1.29, 1.82) is 0 Å². The highest BCUT2D eigenvalue weighted by Crippen LogP contribution is 2.18. The Morgan fingerprint density at radius 3 is 2.21 bits per heavy atom. The van der Waals surface area contributed by atoms with Crippen molar-refractivity contribution >= 4 is 5.82 Å². The fraction of sp³-hybridized carbons (Fsp3) is 0.320. The molecule has 1 aliphatic rings. The van der Waals surface area contributed by atoms with Crippen molar-refractivity contribution in [2.24, 2.45) is 0 Å². The maximum Gasteiger partial charge on any atom is 0.125 e. The van der Waals surface area contributed by atoms with Crippen molar-refractivity contribution in [2.45, 2.75) is 13.0 Å². The number of anilines is 1. The Hall–Kier alpha value is -2.69. The van der Waals surface area contributed by atoms with E-state index in [1.165, 1.54) is 30.6 Å². The summed E-state index contributed by atoms with van der Waals surface area (Å²) < 4.78 is 0. The zero-order valence-electron chi connectivity index (χ0n) is 17.0. The van der Waals surface area contributed by atoms with Gasteiger partial charge in [0, 0.05) is 44.5 Å². The van der Waals surface area contributed by atoms with Gasteiger partial charge in [-0.05, 0) is 42.8 Å². The van der Waals surface area contributed by atoms with Crippen molar-refractivity contribution in [3.63, 3.8) is 0 Å². The van der Waals surface area contributed by atoms with Gasteiger partial charge in [-0.1, -0.05) is 60.7 Å². The molecule has 4 rings (SSSR count). The number of hydrogen-bond acceptors (Lipinski definition) is 4. The smallest absolute Gasteiger partial charge is 0.125 e. The zero-order chi connectivity index (χ0) is 19.7. The predicted molar refractivity (Wildman–Crippen MR) is 121 cm³/mol. The molecule has 2 heterocycles. The minimum atomic E-state index is 0.927. The van der Waals surface area contributed by atoms with E-state index in [0.717, 1.165) is 44.1 Å². The third-order valence-corrected chi connectivity index (χ3v) is 5.53. The Bertz CT molecular complexity index is 849. The molecule has 1 N–H and O–H groups in total. The van der Waals surface area contributed by atoms with Gasteiger partial charge in [-0.2, -0.15) is 0 Å². The van der Waals surface area contributed by atoms with Crippen LogP contribution in [0.5, 0.6) is 0 Å². The highest BCUT2D eigenvalue weighted by Gasteiger charge is 2.14. The molecule has 1 saturated heterocycles. The molecule has 0 radical (unpaired) electrons. The van der Waals surface area contributed by atoms with Gasteiger partial charge in [-0.15, -0.1) is 0 Å². The molecule has 0 atom stereocenters. The second kappa shape index (κ2) is 10.2. The summed E-state index contributed by atoms with van der Waals surface area (Å²) in [7, 11) is 0. The summed E-state index contributed by atoms with van der Waals surface area (Å²) in [5, 5.41) is 3.48. The largest absolute Gasteiger partial charge is 0.369 e. The van der Waals surface area contributed by atoms with E-state index < -0.39 is 0 Å². The van der Waals surface area contributed by atoms with Crippen LogP contribution in [-0.2, 0) is 6.54 Å². The molecule has 1 aromatic heterocycles. The Balaban J connectivity index is 1.21. The number of pyridine rings is 1. The van der Waals surface area contributed by atoms with E-state index in [1.807, 2.05) is 12.3 Å². The average molecular weight is 387 g/mol. The molecule has 0 spiro atoms. The summed E-state index contributed by atoms with van der Waals surface area (Å²) >= 11 is 0. The lowest BCUT2D eigenvalue weighted by Crippen LogP contribution is -2.33. The summed E-state index contributed by atoms with van der Waals surface area (Å²) in [5.74, 6) is 0.949. The first-order chi connectivity index (χ1) is 14.4. The minimum absolute atomic E-state index is 0.927. The van der Waals surface area contributed by atoms with Crippen molar-refractivity contribution in [1.82, 2.24) is 14.8 Å². The van der Waals surface area contributed by atoms with Crippen LogP contribution in [0.15, 0.2) is 79.0 Å². The Kier molecular flexibility index (Phi) is 6.89. The van der Waals surface area contributed by atoms with Gasteiger partial charge < -0.3 is 10.2 Å². The molecule has 4 nitrogen and oxygen atoms in total. The molecule has 1 aliphatic heterocycles. The summed E-state index contributed by atoms with van der Waals surface area (Å²) in [6.07, 6.45) is 3.18. The Labute approximate surface area is 174 Å². The van der Waals surface area contributed by atoms with Crippen molar-refractivity contribution in [3.05, 3.63) is 84.6 Å². The van der Waals surface area contributed by atoms with Gasteiger partial charge >= 0.3 is 0 Å². The average Bonchev–Trinajstić information content (AvgIpc) is 3.01. The van der Waals surface area contributed by atoms with Crippen molar-refractivity contribution in [2.75, 3.05) is 44.6 Å². The van der Waals surface area contributed by atoms with Gasteiger partial charge in [-0.25, -0.2) is 4.98 Å². The van der Waals surface area contributed by atoms with Crippen LogP contribution in [0.1, 0.15) is 12.0 Å². The maximum atomic E-state index is 4.58. The third kappa shape index (κ3) is 5.89. The topological polar surface area (TPSA) is 31.4 Å². The maximum absolute atomic E-state index is 4.58. The molecule has 0 amide bonds. The molecular weight excluding hydrogens is 356 g/mol. The molecule has 0 bridgehead atoms. The van der Waals surface area contributed by atoms with E-state index in [4.69, 9.17) is 0 Å². The van der Waals surface area contributed by atoms with E-state index in [2.05, 4.69) is 86.8 Å². The standard InChI is InChI=1S/C25H30N4/c1-3-8-22(9-4-1)21-29-16-7-15-28(18-19-29)17-14-26-25-13-12-24(20-27-25)23-10-5-2-6-11-23/h1-6,8-13,20H,7,14-19,21H2,(H,26,27). The Morgan fingerprint density at radius 2 is 1.45 bits per heavy atom. The van der Waals surface area contributed by atoms with E-state index >= 15 is 0 Å². The first-order valence-electron chi connectivity index (χ1n) is 10.6. The molecule has 29 heavy (non-hydrogen) atoms. The predicted octanol–water partition coefficient (Wildman–Crippen LogP) is 4.37. The van der Waals surface area contributed by atoms with E-state index in [1.54, 1.807) is 0 Å². The highest BCUT2D eigenvalue weighted by atomic mass is 15.2. The number of hydrogen-bond donors (Lipinski definition) is 1. The molecule has 0 saturated carbocycles. The molecule has 150 valence electrons. The number of nitrogens with one attached hydrogen (secondary N) is 1. The van der Waals surface area contributed by atoms with Crippen LogP contribution in [0.2, 0.25) is 0 Å². The highest BCUT2D eigenvalue weighted by molar-refractivity contribution is 5.63. The minimum Gasteiger partial charge on any atom is -0.369 e. The van der Waals surface area contributed by atoms with Gasteiger partial charge in [0.05, 0.1) is 0 Å². The van der Waals surface area contributed by atoms with Crippen LogP contribution in [0.25, 0.3) is 11.1 Å². The van der Waals surface area contributed by atoms with Crippen molar-refractivity contribution < 1.29 is 0 Å². The Morgan fingerprint density at radius 1 is 0.724 bits per heavy atom. The van der Waals surface area contributed by atoms with Crippen LogP contribution in [0.4, 0.5) is 5.82 Å². The van der Waals surface area contributed by atoms with Crippen molar-refractivity contribution in [3.8, 4) is 11.1 Å². The molecule has 4 heteroatoms.